The highest BCUT2D eigenvalue weighted by Crippen LogP contribution is 2.28. The van der Waals surface area contributed by atoms with Crippen molar-refractivity contribution < 1.29 is 4.79 Å². The molecule has 3 nitrogen and oxygen atoms in total. The number of hydrogen-bond donors (Lipinski definition) is 1. The first-order valence-electron chi connectivity index (χ1n) is 7.78. The summed E-state index contributed by atoms with van der Waals surface area (Å²) < 4.78 is 0. The summed E-state index contributed by atoms with van der Waals surface area (Å²) >= 11 is 1.71. The SMILES string of the molecule is CCCc1sc(C(=O)N2CCCC2CNC)cc1CC.Cl. The summed E-state index contributed by atoms with van der Waals surface area (Å²) in [6, 6.07) is 2.50. The number of nitrogens with zero attached hydrogens (tertiary/aromatic N) is 1. The third kappa shape index (κ3) is 4.21. The molecule has 1 aliphatic heterocycles. The van der Waals surface area contributed by atoms with E-state index in [1.165, 1.54) is 10.4 Å². The van der Waals surface area contributed by atoms with Crippen molar-refractivity contribution in [2.24, 2.45) is 0 Å². The minimum atomic E-state index is 0. The molecular formula is C16H27ClN2OS. The van der Waals surface area contributed by atoms with Gasteiger partial charge in [0.25, 0.3) is 5.91 Å². The Morgan fingerprint density at radius 2 is 2.24 bits per heavy atom. The molecule has 2 heterocycles. The molecule has 1 aromatic rings. The molecule has 1 N–H and O–H groups in total. The molecule has 2 rings (SSSR count). The molecule has 1 aromatic heterocycles. The number of likely N-dealkylation sites (tertiary alicyclic amines) is 1. The number of rotatable bonds is 6. The number of carbonyl (C=O) groups is 1. The normalized spacial score (nSPS) is 17.9. The smallest absolute Gasteiger partial charge is 0.264 e. The van der Waals surface area contributed by atoms with Gasteiger partial charge in [-0.15, -0.1) is 23.7 Å². The Hall–Kier alpha value is -0.580. The fraction of sp³-hybridized carbons (Fsp3) is 0.688. The van der Waals surface area contributed by atoms with Gasteiger partial charge in [-0.3, -0.25) is 4.79 Å². The molecule has 1 aliphatic rings. The summed E-state index contributed by atoms with van der Waals surface area (Å²) in [5.41, 5.74) is 1.37. The van der Waals surface area contributed by atoms with Crippen LogP contribution in [0.2, 0.25) is 0 Å². The second kappa shape index (κ2) is 8.76. The molecule has 0 spiro atoms. The maximum absolute atomic E-state index is 12.7. The van der Waals surface area contributed by atoms with E-state index in [0.29, 0.717) is 6.04 Å². The van der Waals surface area contributed by atoms with E-state index in [1.807, 2.05) is 7.05 Å². The molecule has 120 valence electrons. The lowest BCUT2D eigenvalue weighted by Gasteiger charge is -2.23. The van der Waals surface area contributed by atoms with Crippen LogP contribution in [0.1, 0.15) is 53.2 Å². The van der Waals surface area contributed by atoms with Gasteiger partial charge in [0.2, 0.25) is 0 Å². The lowest BCUT2D eigenvalue weighted by molar-refractivity contribution is 0.0742. The Bertz CT molecular complexity index is 461. The average Bonchev–Trinajstić information content (AvgIpc) is 3.05. The zero-order chi connectivity index (χ0) is 14.5. The molecule has 0 radical (unpaired) electrons. The van der Waals surface area contributed by atoms with Crippen LogP contribution < -0.4 is 5.32 Å². The summed E-state index contributed by atoms with van der Waals surface area (Å²) in [6.07, 6.45) is 5.53. The van der Waals surface area contributed by atoms with Crippen molar-refractivity contribution in [1.29, 1.82) is 0 Å². The van der Waals surface area contributed by atoms with E-state index in [9.17, 15) is 4.79 Å². The molecule has 5 heteroatoms. The van der Waals surface area contributed by atoms with E-state index in [1.54, 1.807) is 11.3 Å². The summed E-state index contributed by atoms with van der Waals surface area (Å²) in [4.78, 5) is 17.1. The van der Waals surface area contributed by atoms with Gasteiger partial charge in [-0.05, 0) is 44.4 Å². The van der Waals surface area contributed by atoms with Crippen molar-refractivity contribution in [3.63, 3.8) is 0 Å². The first kappa shape index (κ1) is 18.5. The van der Waals surface area contributed by atoms with Crippen LogP contribution >= 0.6 is 23.7 Å². The zero-order valence-electron chi connectivity index (χ0n) is 13.3. The van der Waals surface area contributed by atoms with Gasteiger partial charge >= 0.3 is 0 Å². The number of amides is 1. The largest absolute Gasteiger partial charge is 0.334 e. The molecule has 21 heavy (non-hydrogen) atoms. The molecule has 1 fully saturated rings. The van der Waals surface area contributed by atoms with Gasteiger partial charge in [0.05, 0.1) is 4.88 Å². The van der Waals surface area contributed by atoms with Crippen LogP contribution in [0.4, 0.5) is 0 Å². The van der Waals surface area contributed by atoms with Gasteiger partial charge in [0.1, 0.15) is 0 Å². The number of carbonyl (C=O) groups excluding carboxylic acids is 1. The summed E-state index contributed by atoms with van der Waals surface area (Å²) in [5, 5.41) is 3.20. The minimum absolute atomic E-state index is 0. The second-order valence-electron chi connectivity index (χ2n) is 5.51. The van der Waals surface area contributed by atoms with Crippen LogP contribution in [-0.2, 0) is 12.8 Å². The highest BCUT2D eigenvalue weighted by molar-refractivity contribution is 7.14. The predicted octanol–water partition coefficient (Wildman–Crippen LogP) is 3.51. The molecule has 1 unspecified atom stereocenters. The van der Waals surface area contributed by atoms with Crippen molar-refractivity contribution in [3.8, 4) is 0 Å². The van der Waals surface area contributed by atoms with Gasteiger partial charge in [-0.1, -0.05) is 20.3 Å². The van der Waals surface area contributed by atoms with Crippen molar-refractivity contribution in [1.82, 2.24) is 10.2 Å². The topological polar surface area (TPSA) is 32.3 Å². The third-order valence-corrected chi connectivity index (χ3v) is 5.27. The Morgan fingerprint density at radius 1 is 1.48 bits per heavy atom. The Kier molecular flexibility index (Phi) is 7.71. The molecule has 1 amide bonds. The van der Waals surface area contributed by atoms with Gasteiger partial charge in [-0.25, -0.2) is 0 Å². The van der Waals surface area contributed by atoms with Crippen molar-refractivity contribution in [3.05, 3.63) is 21.4 Å². The first-order chi connectivity index (χ1) is 9.71. The first-order valence-corrected chi connectivity index (χ1v) is 8.60. The third-order valence-electron chi connectivity index (χ3n) is 4.04. The number of thiophene rings is 1. The van der Waals surface area contributed by atoms with Crippen molar-refractivity contribution >= 4 is 29.7 Å². The maximum Gasteiger partial charge on any atom is 0.264 e. The van der Waals surface area contributed by atoms with Gasteiger partial charge < -0.3 is 10.2 Å². The van der Waals surface area contributed by atoms with E-state index < -0.39 is 0 Å². The molecule has 1 atom stereocenters. The van der Waals surface area contributed by atoms with Crippen LogP contribution in [-0.4, -0.2) is 37.0 Å². The van der Waals surface area contributed by atoms with Crippen LogP contribution in [0, 0.1) is 0 Å². The molecule has 0 saturated carbocycles. The maximum atomic E-state index is 12.7. The fourth-order valence-electron chi connectivity index (χ4n) is 3.00. The van der Waals surface area contributed by atoms with Gasteiger partial charge in [0, 0.05) is 24.0 Å². The van der Waals surface area contributed by atoms with E-state index in [-0.39, 0.29) is 18.3 Å². The standard InChI is InChI=1S/C16H26N2OS.ClH/c1-4-7-14-12(5-2)10-15(20-14)16(19)18-9-6-8-13(18)11-17-3;/h10,13,17H,4-9,11H2,1-3H3;1H. The second-order valence-corrected chi connectivity index (χ2v) is 6.65. The zero-order valence-corrected chi connectivity index (χ0v) is 14.9. The highest BCUT2D eigenvalue weighted by Gasteiger charge is 2.30. The number of aryl methyl sites for hydroxylation is 2. The Morgan fingerprint density at radius 3 is 2.86 bits per heavy atom. The van der Waals surface area contributed by atoms with Crippen molar-refractivity contribution in [2.45, 2.75) is 52.0 Å². The Labute approximate surface area is 138 Å². The summed E-state index contributed by atoms with van der Waals surface area (Å²) in [5.74, 6) is 0.241. The summed E-state index contributed by atoms with van der Waals surface area (Å²) in [7, 11) is 1.96. The lowest BCUT2D eigenvalue weighted by Crippen LogP contribution is -2.40. The number of nitrogens with one attached hydrogen (secondary N) is 1. The summed E-state index contributed by atoms with van der Waals surface area (Å²) in [6.45, 7) is 6.19. The minimum Gasteiger partial charge on any atom is -0.334 e. The quantitative estimate of drug-likeness (QED) is 0.865. The Balaban J connectivity index is 0.00000220. The molecule has 1 saturated heterocycles. The van der Waals surface area contributed by atoms with Crippen LogP contribution in [0.5, 0.6) is 0 Å². The van der Waals surface area contributed by atoms with E-state index in [4.69, 9.17) is 0 Å². The lowest BCUT2D eigenvalue weighted by atomic mass is 10.1. The van der Waals surface area contributed by atoms with Gasteiger partial charge in [-0.2, -0.15) is 0 Å². The molecule has 0 bridgehead atoms. The van der Waals surface area contributed by atoms with E-state index in [2.05, 4.69) is 30.1 Å². The number of hydrogen-bond acceptors (Lipinski definition) is 3. The number of likely N-dealkylation sites (N-methyl/N-ethyl adjacent to an activating group) is 1. The molecular weight excluding hydrogens is 304 g/mol. The monoisotopic (exact) mass is 330 g/mol. The van der Waals surface area contributed by atoms with Crippen LogP contribution in [0.25, 0.3) is 0 Å². The van der Waals surface area contributed by atoms with Crippen molar-refractivity contribution in [2.75, 3.05) is 20.1 Å². The van der Waals surface area contributed by atoms with Crippen LogP contribution in [0.15, 0.2) is 6.07 Å². The highest BCUT2D eigenvalue weighted by atomic mass is 35.5. The molecule has 0 aliphatic carbocycles. The average molecular weight is 331 g/mol. The number of halogens is 1. The van der Waals surface area contributed by atoms with Crippen LogP contribution in [0.3, 0.4) is 0 Å². The predicted molar refractivity (Wildman–Crippen MR) is 92.9 cm³/mol. The van der Waals surface area contributed by atoms with E-state index >= 15 is 0 Å². The van der Waals surface area contributed by atoms with E-state index in [0.717, 1.165) is 50.1 Å². The molecule has 0 aromatic carbocycles. The fourth-order valence-corrected chi connectivity index (χ4v) is 4.31. The van der Waals surface area contributed by atoms with Gasteiger partial charge in [0.15, 0.2) is 0 Å².